The zero-order valence-electron chi connectivity index (χ0n) is 28.1. The molecule has 0 radical (unpaired) electrons. The van der Waals surface area contributed by atoms with Crippen LogP contribution in [0.3, 0.4) is 0 Å². The fourth-order valence-electron chi connectivity index (χ4n) is 4.28. The van der Waals surface area contributed by atoms with Crippen LogP contribution in [0.1, 0.15) is 24.8 Å². The lowest BCUT2D eigenvalue weighted by Gasteiger charge is -2.43. The number of piperazine rings is 1. The van der Waals surface area contributed by atoms with Crippen molar-refractivity contribution >= 4 is 28.1 Å². The van der Waals surface area contributed by atoms with E-state index in [0.29, 0.717) is 24.3 Å². The molecule has 0 bridgehead atoms. The first-order valence-corrected chi connectivity index (χ1v) is 16.6. The van der Waals surface area contributed by atoms with Crippen LogP contribution >= 0.6 is 0 Å². The SMILES string of the molecule is NC(=O)N1CCN(S(=O)(=O)C(F)(F)C(F)(F)C(F)(F)C(F)(F)C(F)(F)C(F)(F)C(F)(F)C(F)(F)F)CC1.NCCCC[C@H](NC(=O)OCc1ccccc1)C(=O)O. The van der Waals surface area contributed by atoms with Gasteiger partial charge < -0.3 is 31.5 Å². The molecule has 1 fully saturated rings. The molecule has 330 valence electrons. The Kier molecular flexibility index (Phi) is 15.9. The molecule has 1 aromatic carbocycles. The van der Waals surface area contributed by atoms with E-state index in [1.807, 2.05) is 30.3 Å². The van der Waals surface area contributed by atoms with Crippen molar-refractivity contribution in [2.24, 2.45) is 11.5 Å². The van der Waals surface area contributed by atoms with Crippen molar-refractivity contribution in [3.05, 3.63) is 35.9 Å². The monoisotopic (exact) mass is 891 g/mol. The third kappa shape index (κ3) is 9.97. The van der Waals surface area contributed by atoms with E-state index in [0.717, 1.165) is 12.0 Å². The zero-order chi connectivity index (χ0) is 44.9. The van der Waals surface area contributed by atoms with Crippen LogP contribution in [0.4, 0.5) is 84.2 Å². The van der Waals surface area contributed by atoms with Gasteiger partial charge in [-0.3, -0.25) is 0 Å². The molecule has 0 aliphatic carbocycles. The molecule has 1 saturated heterocycles. The fourth-order valence-corrected chi connectivity index (χ4v) is 5.70. The minimum atomic E-state index is -8.88. The second-order valence-corrected chi connectivity index (χ2v) is 13.6. The smallest absolute Gasteiger partial charge is 0.460 e. The van der Waals surface area contributed by atoms with Gasteiger partial charge in [0.25, 0.3) is 10.0 Å². The lowest BCUT2D eigenvalue weighted by atomic mass is 9.91. The van der Waals surface area contributed by atoms with Crippen molar-refractivity contribution in [2.45, 2.75) is 78.9 Å². The summed E-state index contributed by atoms with van der Waals surface area (Å²) in [6.07, 6.45) is -6.91. The Balaban J connectivity index is 0.000000681. The molecule has 30 heteroatoms. The van der Waals surface area contributed by atoms with E-state index in [1.54, 1.807) is 0 Å². The molecule has 1 aromatic rings. The average Bonchev–Trinajstić information content (AvgIpc) is 3.10. The second-order valence-electron chi connectivity index (χ2n) is 11.6. The topological polar surface area (TPSA) is 185 Å². The Hall–Kier alpha value is -4.09. The summed E-state index contributed by atoms with van der Waals surface area (Å²) in [5.41, 5.74) is 10.9. The largest absolute Gasteiger partial charge is 0.480 e. The maximum Gasteiger partial charge on any atom is 0.460 e. The van der Waals surface area contributed by atoms with Crippen molar-refractivity contribution in [1.29, 1.82) is 0 Å². The predicted octanol–water partition coefficient (Wildman–Crippen LogP) is 5.47. The first kappa shape index (κ1) is 50.9. The zero-order valence-corrected chi connectivity index (χ0v) is 28.9. The number of alkyl carbamates (subject to hydrolysis) is 1. The summed E-state index contributed by atoms with van der Waals surface area (Å²) in [5, 5.41) is 3.74. The second kappa shape index (κ2) is 17.8. The Morgan fingerprint density at radius 2 is 1.16 bits per heavy atom. The number of carbonyl (C=O) groups excluding carboxylic acids is 2. The van der Waals surface area contributed by atoms with Crippen LogP contribution in [0, 0.1) is 0 Å². The molecule has 0 unspecified atom stereocenters. The van der Waals surface area contributed by atoms with Gasteiger partial charge in [0, 0.05) is 26.2 Å². The number of urea groups is 1. The number of nitrogens with one attached hydrogen (secondary N) is 1. The van der Waals surface area contributed by atoms with Crippen molar-refractivity contribution in [3.8, 4) is 0 Å². The van der Waals surface area contributed by atoms with Crippen LogP contribution in [0.15, 0.2) is 30.3 Å². The quantitative estimate of drug-likeness (QED) is 0.124. The van der Waals surface area contributed by atoms with Gasteiger partial charge >= 0.3 is 65.1 Å². The lowest BCUT2D eigenvalue weighted by Crippen LogP contribution is -2.75. The van der Waals surface area contributed by atoms with Crippen LogP contribution in [0.5, 0.6) is 0 Å². The molecule has 0 spiro atoms. The van der Waals surface area contributed by atoms with Gasteiger partial charge in [-0.1, -0.05) is 30.3 Å². The number of carboxylic acids is 1. The minimum absolute atomic E-state index is 0.113. The number of aliphatic carboxylic acids is 1. The number of hydrogen-bond acceptors (Lipinski definition) is 7. The van der Waals surface area contributed by atoms with Crippen LogP contribution in [-0.2, 0) is 26.2 Å². The van der Waals surface area contributed by atoms with Gasteiger partial charge in [-0.05, 0) is 31.4 Å². The predicted molar refractivity (Wildman–Crippen MR) is 156 cm³/mol. The molecule has 6 N–H and O–H groups in total. The minimum Gasteiger partial charge on any atom is -0.480 e. The Morgan fingerprint density at radius 1 is 0.719 bits per heavy atom. The maximum absolute atomic E-state index is 14.1. The average molecular weight is 892 g/mol. The number of carbonyl (C=O) groups is 3. The first-order valence-electron chi connectivity index (χ1n) is 15.2. The Bertz CT molecular complexity index is 1640. The van der Waals surface area contributed by atoms with Crippen molar-refractivity contribution in [3.63, 3.8) is 0 Å². The normalized spacial score (nSPS) is 16.3. The molecular formula is C27H30F17N5O7S. The van der Waals surface area contributed by atoms with Gasteiger partial charge in [-0.15, -0.1) is 0 Å². The van der Waals surface area contributed by atoms with Gasteiger partial charge in [0.1, 0.15) is 12.6 Å². The summed E-state index contributed by atoms with van der Waals surface area (Å²) >= 11 is 0. The van der Waals surface area contributed by atoms with Crippen LogP contribution in [0.25, 0.3) is 0 Å². The van der Waals surface area contributed by atoms with Gasteiger partial charge in [-0.2, -0.15) is 78.9 Å². The van der Waals surface area contributed by atoms with E-state index >= 15 is 0 Å². The van der Waals surface area contributed by atoms with Gasteiger partial charge in [0.05, 0.1) is 0 Å². The number of hydrogen-bond donors (Lipinski definition) is 4. The van der Waals surface area contributed by atoms with E-state index < -0.39 is 112 Å². The molecule has 1 heterocycles. The summed E-state index contributed by atoms with van der Waals surface area (Å²) < 4.78 is 253. The van der Waals surface area contributed by atoms with Crippen molar-refractivity contribution < 1.29 is 107 Å². The highest BCUT2D eigenvalue weighted by Crippen LogP contribution is 2.64. The van der Waals surface area contributed by atoms with E-state index in [9.17, 15) is 97.4 Å². The number of amides is 3. The van der Waals surface area contributed by atoms with Crippen molar-refractivity contribution in [2.75, 3.05) is 32.7 Å². The van der Waals surface area contributed by atoms with Crippen LogP contribution in [0.2, 0.25) is 0 Å². The van der Waals surface area contributed by atoms with E-state index in [4.69, 9.17) is 21.3 Å². The molecule has 12 nitrogen and oxygen atoms in total. The number of benzene rings is 1. The Morgan fingerprint density at radius 3 is 1.56 bits per heavy atom. The number of carboxylic acid groups (broad SMARTS) is 1. The molecule has 0 aromatic heterocycles. The van der Waals surface area contributed by atoms with Gasteiger partial charge in [-0.25, -0.2) is 22.8 Å². The van der Waals surface area contributed by atoms with Crippen LogP contribution < -0.4 is 16.8 Å². The molecule has 1 atom stereocenters. The highest BCUT2D eigenvalue weighted by atomic mass is 32.2. The molecule has 1 aliphatic heterocycles. The maximum atomic E-state index is 14.1. The number of nitrogens with zero attached hydrogens (tertiary/aromatic N) is 2. The third-order valence-electron chi connectivity index (χ3n) is 7.66. The van der Waals surface area contributed by atoms with Crippen molar-refractivity contribution in [1.82, 2.24) is 14.5 Å². The summed E-state index contributed by atoms with van der Waals surface area (Å²) in [5.74, 6) is -52.9. The number of sulfonamides is 1. The number of ether oxygens (including phenoxy) is 1. The molecule has 1 aliphatic rings. The van der Waals surface area contributed by atoms with E-state index in [2.05, 4.69) is 5.32 Å². The lowest BCUT2D eigenvalue weighted by molar-refractivity contribution is -0.458. The van der Waals surface area contributed by atoms with Gasteiger partial charge in [0.2, 0.25) is 0 Å². The molecule has 0 saturated carbocycles. The first-order chi connectivity index (χ1) is 25.5. The van der Waals surface area contributed by atoms with Gasteiger partial charge in [0.15, 0.2) is 0 Å². The highest BCUT2D eigenvalue weighted by molar-refractivity contribution is 7.90. The van der Waals surface area contributed by atoms with E-state index in [1.165, 1.54) is 0 Å². The number of rotatable bonds is 16. The summed E-state index contributed by atoms with van der Waals surface area (Å²) in [6, 6.07) is 6.89. The molecule has 3 amide bonds. The molecule has 57 heavy (non-hydrogen) atoms. The highest BCUT2D eigenvalue weighted by Gasteiger charge is 2.96. The number of halogens is 17. The molecular weight excluding hydrogens is 861 g/mol. The Labute approximate surface area is 309 Å². The summed E-state index contributed by atoms with van der Waals surface area (Å²) in [6.45, 7) is -4.32. The number of alkyl halides is 17. The van der Waals surface area contributed by atoms with E-state index in [-0.39, 0.29) is 6.61 Å². The fraction of sp³-hybridized carbons (Fsp3) is 0.667. The number of nitrogens with two attached hydrogens (primary N) is 2. The number of unbranched alkanes of at least 4 members (excludes halogenated alkanes) is 1. The summed E-state index contributed by atoms with van der Waals surface area (Å²) in [7, 11) is -7.35. The standard InChI is InChI=1S/C14H20N2O4.C13H10F17N3O3S/c15-9-5-4-8-12(13(17)18)16-14(19)20-10-11-6-2-1-3-7-11;14-6(15,8(18,19)10(22,23)12(26,27)28)7(16,17)9(20,21)11(24,25)13(29,30)37(35,36)33-3-1-32(2-4-33)5(31)34/h1-3,6-7,12H,4-5,8-10,15H2,(H,16,19)(H,17,18);1-4H2,(H2,31,34)/t12-;/m0./s1. The summed E-state index contributed by atoms with van der Waals surface area (Å²) in [4.78, 5) is 33.9. The third-order valence-corrected chi connectivity index (χ3v) is 9.61. The molecule has 2 rings (SSSR count). The number of primary amides is 1. The van der Waals surface area contributed by atoms with Crippen LogP contribution in [-0.4, -0.2) is 127 Å².